The van der Waals surface area contributed by atoms with Crippen molar-refractivity contribution in [3.63, 3.8) is 0 Å². The van der Waals surface area contributed by atoms with Crippen LogP contribution in [0.4, 0.5) is 17.6 Å². The summed E-state index contributed by atoms with van der Waals surface area (Å²) < 4.78 is 55.5. The van der Waals surface area contributed by atoms with Crippen LogP contribution in [0, 0.1) is 28.7 Å². The largest absolute Gasteiger partial charge is 0.396 e. The summed E-state index contributed by atoms with van der Waals surface area (Å²) in [7, 11) is 0. The Balaban J connectivity index is 2.59. The maximum absolute atomic E-state index is 14.2. The van der Waals surface area contributed by atoms with Crippen LogP contribution in [0.15, 0.2) is 6.07 Å². The number of piperazine rings is 1. The van der Waals surface area contributed by atoms with Crippen molar-refractivity contribution in [2.45, 2.75) is 19.9 Å². The second-order valence-corrected chi connectivity index (χ2v) is 6.22. The lowest BCUT2D eigenvalue weighted by molar-refractivity contribution is 0.0258. The van der Waals surface area contributed by atoms with E-state index in [1.807, 2.05) is 0 Å². The number of nitrogens with one attached hydrogen (secondary N) is 1. The number of hydrogen-bond acceptors (Lipinski definition) is 3. The molecule has 0 spiro atoms. The van der Waals surface area contributed by atoms with Gasteiger partial charge in [0.25, 0.3) is 0 Å². The minimum absolute atomic E-state index is 0.203. The smallest absolute Gasteiger partial charge is 0.166 e. The fraction of sp³-hybridized carbons (Fsp3) is 0.600. The minimum atomic E-state index is -1.43. The molecule has 1 atom stereocenters. The number of aliphatic hydroxyl groups excluding tert-OH is 1. The average Bonchev–Trinajstić information content (AvgIpc) is 2.50. The van der Waals surface area contributed by atoms with Gasteiger partial charge in [-0.05, 0) is 0 Å². The summed E-state index contributed by atoms with van der Waals surface area (Å²) in [5.74, 6) is -5.65. The van der Waals surface area contributed by atoms with Crippen molar-refractivity contribution >= 4 is 0 Å². The number of hydrogen-bond donors (Lipinski definition) is 2. The molecule has 2 rings (SSSR count). The van der Waals surface area contributed by atoms with E-state index in [2.05, 4.69) is 5.32 Å². The van der Waals surface area contributed by atoms with Crippen molar-refractivity contribution in [2.75, 3.05) is 32.8 Å². The maximum atomic E-state index is 14.2. The molecular weight excluding hydrogens is 300 g/mol. The highest BCUT2D eigenvalue weighted by atomic mass is 19.2. The Morgan fingerprint density at radius 2 is 1.64 bits per heavy atom. The number of benzene rings is 1. The first-order valence-corrected chi connectivity index (χ1v) is 7.18. The van der Waals surface area contributed by atoms with Gasteiger partial charge in [-0.15, -0.1) is 0 Å². The molecule has 7 heteroatoms. The van der Waals surface area contributed by atoms with Crippen LogP contribution in [0.25, 0.3) is 0 Å². The second kappa shape index (κ2) is 6.52. The molecule has 0 aromatic heterocycles. The van der Waals surface area contributed by atoms with E-state index in [0.29, 0.717) is 26.2 Å². The fourth-order valence-electron chi connectivity index (χ4n) is 2.93. The summed E-state index contributed by atoms with van der Waals surface area (Å²) >= 11 is 0. The molecule has 124 valence electrons. The zero-order valence-electron chi connectivity index (χ0n) is 12.6. The Kier molecular flexibility index (Phi) is 5.09. The third-order valence-electron chi connectivity index (χ3n) is 4.08. The zero-order valence-corrected chi connectivity index (χ0v) is 12.6. The first kappa shape index (κ1) is 17.2. The van der Waals surface area contributed by atoms with Crippen LogP contribution in [0.2, 0.25) is 0 Å². The molecule has 1 aromatic carbocycles. The molecule has 1 saturated heterocycles. The van der Waals surface area contributed by atoms with Crippen molar-refractivity contribution in [2.24, 2.45) is 5.41 Å². The molecular formula is C15H20F4N2O. The van der Waals surface area contributed by atoms with Crippen molar-refractivity contribution in [3.05, 3.63) is 34.9 Å². The van der Waals surface area contributed by atoms with Gasteiger partial charge in [-0.3, -0.25) is 4.90 Å². The second-order valence-electron chi connectivity index (χ2n) is 6.22. The normalized spacial score (nSPS) is 18.5. The lowest BCUT2D eigenvalue weighted by Gasteiger charge is -2.43. The molecule has 3 nitrogen and oxygen atoms in total. The number of aliphatic hydroxyl groups is 1. The van der Waals surface area contributed by atoms with Crippen LogP contribution < -0.4 is 5.32 Å². The monoisotopic (exact) mass is 320 g/mol. The van der Waals surface area contributed by atoms with Gasteiger partial charge in [0.05, 0.1) is 0 Å². The summed E-state index contributed by atoms with van der Waals surface area (Å²) in [5.41, 5.74) is -1.63. The van der Waals surface area contributed by atoms with Gasteiger partial charge >= 0.3 is 0 Å². The number of rotatable bonds is 4. The first-order chi connectivity index (χ1) is 10.3. The lowest BCUT2D eigenvalue weighted by atomic mass is 9.79. The lowest BCUT2D eigenvalue weighted by Crippen LogP contribution is -2.50. The van der Waals surface area contributed by atoms with Crippen LogP contribution in [0.1, 0.15) is 25.5 Å². The van der Waals surface area contributed by atoms with E-state index in [4.69, 9.17) is 0 Å². The fourth-order valence-corrected chi connectivity index (χ4v) is 2.93. The third kappa shape index (κ3) is 3.11. The topological polar surface area (TPSA) is 35.5 Å². The molecule has 1 heterocycles. The Morgan fingerprint density at radius 3 is 2.09 bits per heavy atom. The molecule has 1 fully saturated rings. The maximum Gasteiger partial charge on any atom is 0.166 e. The predicted octanol–water partition coefficient (Wildman–Crippen LogP) is 2.21. The highest BCUT2D eigenvalue weighted by Crippen LogP contribution is 2.41. The molecule has 0 bridgehead atoms. The molecule has 0 aliphatic carbocycles. The summed E-state index contributed by atoms with van der Waals surface area (Å²) in [4.78, 5) is 1.74. The van der Waals surface area contributed by atoms with Crippen LogP contribution in [-0.2, 0) is 0 Å². The molecule has 1 aliphatic rings. The van der Waals surface area contributed by atoms with Crippen molar-refractivity contribution < 1.29 is 22.7 Å². The van der Waals surface area contributed by atoms with Crippen molar-refractivity contribution in [1.82, 2.24) is 10.2 Å². The zero-order chi connectivity index (χ0) is 16.5. The Bertz CT molecular complexity index is 519. The molecule has 22 heavy (non-hydrogen) atoms. The van der Waals surface area contributed by atoms with Crippen molar-refractivity contribution in [1.29, 1.82) is 0 Å². The van der Waals surface area contributed by atoms with E-state index in [0.717, 1.165) is 0 Å². The van der Waals surface area contributed by atoms with E-state index in [1.165, 1.54) is 0 Å². The molecule has 2 N–H and O–H groups in total. The minimum Gasteiger partial charge on any atom is -0.396 e. The molecule has 1 aliphatic heterocycles. The molecule has 1 aromatic rings. The predicted molar refractivity (Wildman–Crippen MR) is 74.3 cm³/mol. The Morgan fingerprint density at radius 1 is 1.14 bits per heavy atom. The summed E-state index contributed by atoms with van der Waals surface area (Å²) in [5, 5.41) is 12.7. The van der Waals surface area contributed by atoms with E-state index in [-0.39, 0.29) is 12.7 Å². The summed E-state index contributed by atoms with van der Waals surface area (Å²) in [6, 6.07) is -0.764. The Labute approximate surface area is 126 Å². The SMILES string of the molecule is CC(C)(CO)[C@@H](c1c(F)c(F)cc(F)c1F)N1CCNCC1. The molecule has 0 amide bonds. The highest BCUT2D eigenvalue weighted by Gasteiger charge is 2.40. The third-order valence-corrected chi connectivity index (χ3v) is 4.08. The van der Waals surface area contributed by atoms with Gasteiger partial charge in [-0.1, -0.05) is 13.8 Å². The average molecular weight is 320 g/mol. The highest BCUT2D eigenvalue weighted by molar-refractivity contribution is 5.28. The van der Waals surface area contributed by atoms with Gasteiger partial charge in [0.1, 0.15) is 0 Å². The van der Waals surface area contributed by atoms with Crippen LogP contribution in [0.3, 0.4) is 0 Å². The van der Waals surface area contributed by atoms with Crippen LogP contribution >= 0.6 is 0 Å². The molecule has 0 radical (unpaired) electrons. The van der Waals surface area contributed by atoms with E-state index in [1.54, 1.807) is 18.7 Å². The van der Waals surface area contributed by atoms with Gasteiger partial charge in [0.2, 0.25) is 0 Å². The Hall–Kier alpha value is -1.18. The van der Waals surface area contributed by atoms with E-state index >= 15 is 0 Å². The van der Waals surface area contributed by atoms with Crippen LogP contribution in [0.5, 0.6) is 0 Å². The van der Waals surface area contributed by atoms with Gasteiger partial charge in [0.15, 0.2) is 23.3 Å². The van der Waals surface area contributed by atoms with Gasteiger partial charge in [0, 0.05) is 55.9 Å². The van der Waals surface area contributed by atoms with Crippen molar-refractivity contribution in [3.8, 4) is 0 Å². The first-order valence-electron chi connectivity index (χ1n) is 7.18. The van der Waals surface area contributed by atoms with Gasteiger partial charge in [-0.25, -0.2) is 17.6 Å². The summed E-state index contributed by atoms with van der Waals surface area (Å²) in [6.07, 6.45) is 0. The summed E-state index contributed by atoms with van der Waals surface area (Å²) in [6.45, 7) is 4.97. The molecule has 0 unspecified atom stereocenters. The molecule has 0 saturated carbocycles. The standard InChI is InChI=1S/C15H20F4N2O/c1-15(2,8-22)14(21-5-3-20-4-6-21)11-12(18)9(16)7-10(17)13(11)19/h7,14,20,22H,3-6,8H2,1-2H3/t14-/m1/s1. The van der Waals surface area contributed by atoms with E-state index in [9.17, 15) is 22.7 Å². The van der Waals surface area contributed by atoms with Gasteiger partial charge in [-0.2, -0.15) is 0 Å². The number of nitrogens with zero attached hydrogens (tertiary/aromatic N) is 1. The van der Waals surface area contributed by atoms with Gasteiger partial charge < -0.3 is 10.4 Å². The quantitative estimate of drug-likeness (QED) is 0.659. The number of halogens is 4. The van der Waals surface area contributed by atoms with Crippen LogP contribution in [-0.4, -0.2) is 42.8 Å². The van der Waals surface area contributed by atoms with E-state index < -0.39 is 40.3 Å².